The lowest BCUT2D eigenvalue weighted by Crippen LogP contribution is -2.48. The molecule has 2 aliphatic rings. The molecule has 7 nitrogen and oxygen atoms in total. The number of carbonyl (C=O) groups excluding carboxylic acids is 2. The SMILES string of the molecule is CN1C(=O)NC(=O)C12Cc1cc3nc(-c4nc(-c5ccccc5)cs4)[nH]c3cc1C2. The monoisotopic (exact) mass is 415 g/mol. The molecule has 8 heteroatoms. The maximum atomic E-state index is 12.5. The summed E-state index contributed by atoms with van der Waals surface area (Å²) >= 11 is 1.55. The smallest absolute Gasteiger partial charge is 0.324 e. The molecule has 148 valence electrons. The van der Waals surface area contributed by atoms with Crippen LogP contribution < -0.4 is 5.32 Å². The molecule has 2 aromatic heterocycles. The summed E-state index contributed by atoms with van der Waals surface area (Å²) in [5.74, 6) is 0.515. The number of benzene rings is 2. The lowest BCUT2D eigenvalue weighted by atomic mass is 9.95. The zero-order chi connectivity index (χ0) is 20.5. The van der Waals surface area contributed by atoms with Crippen LogP contribution in [-0.4, -0.2) is 44.4 Å². The topological polar surface area (TPSA) is 91.0 Å². The van der Waals surface area contributed by atoms with Crippen LogP contribution in [0.3, 0.4) is 0 Å². The van der Waals surface area contributed by atoms with Crippen LogP contribution in [0, 0.1) is 0 Å². The molecule has 1 aliphatic heterocycles. The van der Waals surface area contributed by atoms with Gasteiger partial charge in [-0.25, -0.2) is 14.8 Å². The van der Waals surface area contributed by atoms with Crippen molar-refractivity contribution in [3.05, 3.63) is 59.0 Å². The van der Waals surface area contributed by atoms with Gasteiger partial charge in [-0.3, -0.25) is 10.1 Å². The number of hydrogen-bond acceptors (Lipinski definition) is 5. The first kappa shape index (κ1) is 17.3. The standard InChI is InChI=1S/C22H17N5O2S/c1-27-21(29)26-20(28)22(27)9-13-7-15-16(8-14(13)10-22)24-18(23-15)19-25-17(11-30-19)12-5-3-2-4-6-12/h2-8,11H,9-10H2,1H3,(H,23,24)(H,26,28,29). The Morgan fingerprint density at radius 2 is 1.83 bits per heavy atom. The van der Waals surface area contributed by atoms with Crippen LogP contribution in [0.1, 0.15) is 11.1 Å². The van der Waals surface area contributed by atoms with Crippen molar-refractivity contribution in [3.63, 3.8) is 0 Å². The summed E-state index contributed by atoms with van der Waals surface area (Å²) in [7, 11) is 1.68. The Labute approximate surface area is 175 Å². The van der Waals surface area contributed by atoms with Crippen LogP contribution in [0.5, 0.6) is 0 Å². The summed E-state index contributed by atoms with van der Waals surface area (Å²) in [6, 6.07) is 13.8. The molecule has 1 spiro atoms. The molecule has 1 unspecified atom stereocenters. The summed E-state index contributed by atoms with van der Waals surface area (Å²) in [4.78, 5) is 38.8. The zero-order valence-corrected chi connectivity index (χ0v) is 16.9. The van der Waals surface area contributed by atoms with Crippen LogP contribution in [-0.2, 0) is 17.6 Å². The number of fused-ring (bicyclic) bond motifs is 2. The number of imidazole rings is 1. The van der Waals surface area contributed by atoms with Crippen molar-refractivity contribution < 1.29 is 9.59 Å². The molecule has 0 saturated carbocycles. The Bertz CT molecular complexity index is 1300. The van der Waals surface area contributed by atoms with Gasteiger partial charge in [-0.05, 0) is 23.3 Å². The highest BCUT2D eigenvalue weighted by molar-refractivity contribution is 7.13. The molecule has 2 N–H and O–H groups in total. The fourth-order valence-corrected chi connectivity index (χ4v) is 5.21. The molecule has 2 aromatic carbocycles. The number of aromatic nitrogens is 3. The lowest BCUT2D eigenvalue weighted by Gasteiger charge is -2.27. The first-order valence-corrected chi connectivity index (χ1v) is 10.5. The second-order valence-electron chi connectivity index (χ2n) is 7.83. The van der Waals surface area contributed by atoms with Crippen molar-refractivity contribution in [3.8, 4) is 22.1 Å². The van der Waals surface area contributed by atoms with Crippen molar-refractivity contribution >= 4 is 34.3 Å². The van der Waals surface area contributed by atoms with Gasteiger partial charge in [0, 0.05) is 30.8 Å². The summed E-state index contributed by atoms with van der Waals surface area (Å²) in [6.07, 6.45) is 1.01. The first-order chi connectivity index (χ1) is 14.5. The molecule has 4 aromatic rings. The molecule has 1 saturated heterocycles. The molecular weight excluding hydrogens is 398 g/mol. The molecular formula is C22H17N5O2S. The Balaban J connectivity index is 1.35. The Morgan fingerprint density at radius 3 is 2.57 bits per heavy atom. The highest BCUT2D eigenvalue weighted by Gasteiger charge is 2.54. The van der Waals surface area contributed by atoms with Gasteiger partial charge in [0.15, 0.2) is 10.8 Å². The molecule has 3 amide bonds. The van der Waals surface area contributed by atoms with Crippen LogP contribution in [0.4, 0.5) is 4.79 Å². The third-order valence-electron chi connectivity index (χ3n) is 6.14. The maximum absolute atomic E-state index is 12.5. The van der Waals surface area contributed by atoms with Crippen molar-refractivity contribution in [2.24, 2.45) is 0 Å². The number of amides is 3. The molecule has 6 rings (SSSR count). The molecule has 0 bridgehead atoms. The van der Waals surface area contributed by atoms with Crippen molar-refractivity contribution in [2.75, 3.05) is 7.05 Å². The van der Waals surface area contributed by atoms with Crippen molar-refractivity contribution in [1.82, 2.24) is 25.2 Å². The van der Waals surface area contributed by atoms with Crippen LogP contribution in [0.25, 0.3) is 33.1 Å². The second kappa shape index (κ2) is 5.99. The number of thiazole rings is 1. The molecule has 0 radical (unpaired) electrons. The van der Waals surface area contributed by atoms with E-state index in [-0.39, 0.29) is 11.9 Å². The zero-order valence-electron chi connectivity index (χ0n) is 16.1. The lowest BCUT2D eigenvalue weighted by molar-refractivity contribution is -0.125. The van der Waals surface area contributed by atoms with Gasteiger partial charge in [0.05, 0.1) is 16.7 Å². The predicted octanol–water partition coefficient (Wildman–Crippen LogP) is 3.37. The van der Waals surface area contributed by atoms with Gasteiger partial charge in [0.25, 0.3) is 5.91 Å². The second-order valence-corrected chi connectivity index (χ2v) is 8.69. The third-order valence-corrected chi connectivity index (χ3v) is 6.98. The minimum Gasteiger partial charge on any atom is -0.336 e. The average molecular weight is 415 g/mol. The third kappa shape index (κ3) is 2.37. The van der Waals surface area contributed by atoms with E-state index in [0.29, 0.717) is 12.8 Å². The number of urea groups is 1. The highest BCUT2D eigenvalue weighted by Crippen LogP contribution is 2.39. The quantitative estimate of drug-likeness (QED) is 0.491. The van der Waals surface area contributed by atoms with Crippen LogP contribution >= 0.6 is 11.3 Å². The van der Waals surface area contributed by atoms with Crippen LogP contribution in [0.2, 0.25) is 0 Å². The largest absolute Gasteiger partial charge is 0.336 e. The van der Waals surface area contributed by atoms with Gasteiger partial charge in [0.1, 0.15) is 5.54 Å². The van der Waals surface area contributed by atoms with Crippen molar-refractivity contribution in [1.29, 1.82) is 0 Å². The normalized spacial score (nSPS) is 17.2. The summed E-state index contributed by atoms with van der Waals surface area (Å²) < 4.78 is 0. The van der Waals surface area contributed by atoms with E-state index in [4.69, 9.17) is 9.97 Å². The Morgan fingerprint density at radius 1 is 1.07 bits per heavy atom. The Hall–Kier alpha value is -3.52. The van der Waals surface area contributed by atoms with Gasteiger partial charge >= 0.3 is 6.03 Å². The highest BCUT2D eigenvalue weighted by atomic mass is 32.1. The van der Waals surface area contributed by atoms with E-state index in [2.05, 4.69) is 10.3 Å². The van der Waals surface area contributed by atoms with Gasteiger partial charge in [0.2, 0.25) is 0 Å². The minimum absolute atomic E-state index is 0.222. The Kier molecular flexibility index (Phi) is 3.47. The number of nitrogens with zero attached hydrogens (tertiary/aromatic N) is 3. The van der Waals surface area contributed by atoms with Gasteiger partial charge in [-0.1, -0.05) is 30.3 Å². The summed E-state index contributed by atoms with van der Waals surface area (Å²) in [5.41, 5.74) is 5.06. The number of rotatable bonds is 2. The molecule has 1 fully saturated rings. The fourth-order valence-electron chi connectivity index (χ4n) is 4.43. The summed E-state index contributed by atoms with van der Waals surface area (Å²) in [5, 5.41) is 5.30. The van der Waals surface area contributed by atoms with E-state index >= 15 is 0 Å². The van der Waals surface area contributed by atoms with E-state index in [1.54, 1.807) is 18.4 Å². The fraction of sp³-hybridized carbons (Fsp3) is 0.182. The maximum Gasteiger partial charge on any atom is 0.324 e. The number of carbonyl (C=O) groups is 2. The van der Waals surface area contributed by atoms with Gasteiger partial charge in [-0.15, -0.1) is 11.3 Å². The van der Waals surface area contributed by atoms with Gasteiger partial charge in [-0.2, -0.15) is 0 Å². The number of H-pyrrole nitrogens is 1. The predicted molar refractivity (Wildman–Crippen MR) is 114 cm³/mol. The number of nitrogens with one attached hydrogen (secondary N) is 2. The van der Waals surface area contributed by atoms with E-state index in [1.165, 1.54) is 4.90 Å². The van der Waals surface area contributed by atoms with E-state index < -0.39 is 5.54 Å². The number of aromatic amines is 1. The molecule has 1 aliphatic carbocycles. The summed E-state index contributed by atoms with van der Waals surface area (Å²) in [6.45, 7) is 0. The van der Waals surface area contributed by atoms with Crippen molar-refractivity contribution in [2.45, 2.75) is 18.4 Å². The number of likely N-dealkylation sites (N-methyl/N-ethyl adjacent to an activating group) is 1. The molecule has 1 atom stereocenters. The molecule has 3 heterocycles. The van der Waals surface area contributed by atoms with E-state index in [9.17, 15) is 9.59 Å². The van der Waals surface area contributed by atoms with Crippen LogP contribution in [0.15, 0.2) is 47.8 Å². The average Bonchev–Trinajstić information content (AvgIpc) is 3.50. The number of hydrogen-bond donors (Lipinski definition) is 2. The van der Waals surface area contributed by atoms with Gasteiger partial charge < -0.3 is 9.88 Å². The molecule has 30 heavy (non-hydrogen) atoms. The van der Waals surface area contributed by atoms with E-state index in [0.717, 1.165) is 44.2 Å². The first-order valence-electron chi connectivity index (χ1n) is 9.66. The minimum atomic E-state index is -0.819. The number of imide groups is 1. The van der Waals surface area contributed by atoms with E-state index in [1.807, 2.05) is 47.8 Å².